The van der Waals surface area contributed by atoms with Gasteiger partial charge in [0.05, 0.1) is 11.1 Å². The normalized spacial score (nSPS) is 11.4. The fourth-order valence-corrected chi connectivity index (χ4v) is 1.84. The Morgan fingerprint density at radius 1 is 1.41 bits per heavy atom. The third kappa shape index (κ3) is 2.43. The maximum absolute atomic E-state index is 12.9. The van der Waals surface area contributed by atoms with Crippen molar-refractivity contribution in [3.63, 3.8) is 0 Å². The summed E-state index contributed by atoms with van der Waals surface area (Å²) in [6.07, 6.45) is -4.17. The lowest BCUT2D eigenvalue weighted by Crippen LogP contribution is -2.13. The third-order valence-electron chi connectivity index (χ3n) is 2.77. The molecule has 2 aromatic rings. The van der Waals surface area contributed by atoms with Gasteiger partial charge in [-0.1, -0.05) is 6.07 Å². The highest BCUT2D eigenvalue weighted by atomic mass is 19.4. The molecule has 1 aromatic carbocycles. The van der Waals surface area contributed by atoms with Gasteiger partial charge in [0.2, 0.25) is 0 Å². The first kappa shape index (κ1) is 15.3. The van der Waals surface area contributed by atoms with Crippen molar-refractivity contribution in [2.75, 3.05) is 5.73 Å². The topological polar surface area (TPSA) is 124 Å². The lowest BCUT2D eigenvalue weighted by molar-refractivity contribution is -0.387. The van der Waals surface area contributed by atoms with Gasteiger partial charge in [0.15, 0.2) is 0 Å². The zero-order valence-electron chi connectivity index (χ0n) is 10.5. The fourth-order valence-electron chi connectivity index (χ4n) is 1.84. The number of rotatable bonds is 3. The summed E-state index contributed by atoms with van der Waals surface area (Å²) in [7, 11) is 0. The molecular formula is C11H7F3N4O4. The molecular weight excluding hydrogens is 309 g/mol. The number of nitrogens with two attached hydrogens (primary N) is 1. The number of carboxylic acid groups (broad SMARTS) is 1. The van der Waals surface area contributed by atoms with Gasteiger partial charge < -0.3 is 10.8 Å². The molecule has 0 aliphatic carbocycles. The van der Waals surface area contributed by atoms with E-state index in [1.165, 1.54) is 0 Å². The maximum Gasteiger partial charge on any atom is 0.423 e. The predicted molar refractivity (Wildman–Crippen MR) is 66.6 cm³/mol. The number of nitrogens with zero attached hydrogens (tertiary/aromatic N) is 3. The molecule has 116 valence electrons. The van der Waals surface area contributed by atoms with Crippen LogP contribution in [0.15, 0.2) is 24.4 Å². The molecule has 0 aliphatic heterocycles. The molecule has 0 amide bonds. The van der Waals surface area contributed by atoms with Gasteiger partial charge >= 0.3 is 17.8 Å². The van der Waals surface area contributed by atoms with Crippen LogP contribution in [0.2, 0.25) is 0 Å². The SMILES string of the molecule is Nc1c(C(=O)O)cnn1-c1cccc(C(F)(F)F)c1[N+](=O)[O-]. The molecule has 0 saturated heterocycles. The number of benzene rings is 1. The number of para-hydroxylation sites is 1. The van der Waals surface area contributed by atoms with E-state index in [1.54, 1.807) is 0 Å². The van der Waals surface area contributed by atoms with E-state index in [1.807, 2.05) is 0 Å². The van der Waals surface area contributed by atoms with E-state index in [-0.39, 0.29) is 0 Å². The Bertz CT molecular complexity index is 769. The Balaban J connectivity index is 2.77. The van der Waals surface area contributed by atoms with Gasteiger partial charge in [0.1, 0.15) is 22.6 Å². The third-order valence-corrected chi connectivity index (χ3v) is 2.77. The highest BCUT2D eigenvalue weighted by molar-refractivity contribution is 5.92. The average Bonchev–Trinajstić information content (AvgIpc) is 2.78. The number of halogens is 3. The van der Waals surface area contributed by atoms with Gasteiger partial charge in [-0.25, -0.2) is 9.48 Å². The molecule has 0 aliphatic rings. The van der Waals surface area contributed by atoms with E-state index in [9.17, 15) is 28.1 Å². The standard InChI is InChI=1S/C11H7F3N4O4/c12-11(13,14)6-2-1-3-7(8(6)18(21)22)17-9(15)5(4-16-17)10(19)20/h1-4H,15H2,(H,19,20). The molecule has 1 heterocycles. The van der Waals surface area contributed by atoms with E-state index >= 15 is 0 Å². The minimum Gasteiger partial charge on any atom is -0.477 e. The molecule has 0 spiro atoms. The molecule has 0 saturated carbocycles. The van der Waals surface area contributed by atoms with Crippen LogP contribution in [0.1, 0.15) is 15.9 Å². The van der Waals surface area contributed by atoms with Crippen LogP contribution in [-0.2, 0) is 6.18 Å². The molecule has 11 heteroatoms. The molecule has 0 bridgehead atoms. The molecule has 8 nitrogen and oxygen atoms in total. The van der Waals surface area contributed by atoms with Crippen LogP contribution in [0.5, 0.6) is 0 Å². The largest absolute Gasteiger partial charge is 0.477 e. The Hall–Kier alpha value is -3.11. The highest BCUT2D eigenvalue weighted by Crippen LogP contribution is 2.39. The molecule has 0 atom stereocenters. The number of carbonyl (C=O) groups is 1. The lowest BCUT2D eigenvalue weighted by Gasteiger charge is -2.11. The number of alkyl halides is 3. The number of nitro benzene ring substituents is 1. The number of anilines is 1. The van der Waals surface area contributed by atoms with Crippen LogP contribution in [0.25, 0.3) is 5.69 Å². The smallest absolute Gasteiger partial charge is 0.423 e. The zero-order chi connectivity index (χ0) is 16.7. The molecule has 0 radical (unpaired) electrons. The van der Waals surface area contributed by atoms with E-state index in [4.69, 9.17) is 10.8 Å². The summed E-state index contributed by atoms with van der Waals surface area (Å²) in [6, 6.07) is 2.47. The average molecular weight is 316 g/mol. The second kappa shape index (κ2) is 5.02. The minimum absolute atomic E-state index is 0.480. The highest BCUT2D eigenvalue weighted by Gasteiger charge is 2.40. The summed E-state index contributed by atoms with van der Waals surface area (Å²) >= 11 is 0. The number of hydrogen-bond donors (Lipinski definition) is 2. The molecule has 0 fully saturated rings. The van der Waals surface area contributed by atoms with Gasteiger partial charge in [-0.3, -0.25) is 10.1 Å². The van der Waals surface area contributed by atoms with Gasteiger partial charge in [0.25, 0.3) is 0 Å². The summed E-state index contributed by atoms with van der Waals surface area (Å²) < 4.78 is 39.2. The number of carboxylic acids is 1. The Kier molecular flexibility index (Phi) is 3.49. The number of aromatic carboxylic acids is 1. The second-order valence-electron chi connectivity index (χ2n) is 4.09. The zero-order valence-corrected chi connectivity index (χ0v) is 10.5. The Morgan fingerprint density at radius 3 is 2.50 bits per heavy atom. The summed E-state index contributed by atoms with van der Waals surface area (Å²) in [6.45, 7) is 0. The van der Waals surface area contributed by atoms with Crippen molar-refractivity contribution < 1.29 is 28.0 Å². The van der Waals surface area contributed by atoms with Crippen LogP contribution in [0.3, 0.4) is 0 Å². The van der Waals surface area contributed by atoms with Crippen molar-refractivity contribution in [3.8, 4) is 5.69 Å². The lowest BCUT2D eigenvalue weighted by atomic mass is 10.1. The number of nitro groups is 1. The van der Waals surface area contributed by atoms with Crippen molar-refractivity contribution in [1.29, 1.82) is 0 Å². The summed E-state index contributed by atoms with van der Waals surface area (Å²) in [5.41, 5.74) is 1.67. The van der Waals surface area contributed by atoms with Gasteiger partial charge in [-0.15, -0.1) is 0 Å². The first-order chi connectivity index (χ1) is 10.1. The van der Waals surface area contributed by atoms with Crippen molar-refractivity contribution in [3.05, 3.63) is 45.6 Å². The van der Waals surface area contributed by atoms with Gasteiger partial charge in [-0.2, -0.15) is 18.3 Å². The van der Waals surface area contributed by atoms with Crippen molar-refractivity contribution in [1.82, 2.24) is 9.78 Å². The number of nitrogen functional groups attached to an aromatic ring is 1. The summed E-state index contributed by atoms with van der Waals surface area (Å²) in [4.78, 5) is 20.7. The van der Waals surface area contributed by atoms with Crippen molar-refractivity contribution in [2.45, 2.75) is 6.18 Å². The second-order valence-corrected chi connectivity index (χ2v) is 4.09. The molecule has 3 N–H and O–H groups in total. The van der Waals surface area contributed by atoms with Crippen LogP contribution >= 0.6 is 0 Å². The van der Waals surface area contributed by atoms with Crippen LogP contribution in [0, 0.1) is 10.1 Å². The number of aromatic nitrogens is 2. The minimum atomic E-state index is -4.96. The van der Waals surface area contributed by atoms with E-state index < -0.39 is 45.4 Å². The first-order valence-electron chi connectivity index (χ1n) is 5.56. The van der Waals surface area contributed by atoms with Crippen LogP contribution in [-0.4, -0.2) is 25.8 Å². The van der Waals surface area contributed by atoms with E-state index in [0.717, 1.165) is 18.3 Å². The molecule has 1 aromatic heterocycles. The quantitative estimate of drug-likeness (QED) is 0.660. The molecule has 0 unspecified atom stereocenters. The molecule has 2 rings (SSSR count). The van der Waals surface area contributed by atoms with Crippen molar-refractivity contribution >= 4 is 17.5 Å². The van der Waals surface area contributed by atoms with Crippen LogP contribution in [0.4, 0.5) is 24.7 Å². The first-order valence-corrected chi connectivity index (χ1v) is 5.56. The monoisotopic (exact) mass is 316 g/mol. The number of hydrogen-bond acceptors (Lipinski definition) is 5. The summed E-state index contributed by atoms with van der Waals surface area (Å²) in [5, 5.41) is 23.4. The fraction of sp³-hybridized carbons (Fsp3) is 0.0909. The van der Waals surface area contributed by atoms with E-state index in [2.05, 4.69) is 5.10 Å². The van der Waals surface area contributed by atoms with Crippen molar-refractivity contribution in [2.24, 2.45) is 0 Å². The predicted octanol–water partition coefficient (Wildman–Crippen LogP) is 2.08. The molecule has 22 heavy (non-hydrogen) atoms. The van der Waals surface area contributed by atoms with E-state index in [0.29, 0.717) is 10.7 Å². The van der Waals surface area contributed by atoms with Gasteiger partial charge in [0, 0.05) is 0 Å². The Morgan fingerprint density at radius 2 is 2.05 bits per heavy atom. The van der Waals surface area contributed by atoms with Gasteiger partial charge in [-0.05, 0) is 12.1 Å². The Labute approximate surface area is 119 Å². The summed E-state index contributed by atoms with van der Waals surface area (Å²) in [5.74, 6) is -1.98. The maximum atomic E-state index is 12.9. The van der Waals surface area contributed by atoms with Crippen LogP contribution < -0.4 is 5.73 Å².